The van der Waals surface area contributed by atoms with Gasteiger partial charge in [-0.1, -0.05) is 48.5 Å². The number of imidazole rings is 1. The van der Waals surface area contributed by atoms with E-state index in [2.05, 4.69) is 61.8 Å². The van der Waals surface area contributed by atoms with Crippen molar-refractivity contribution in [2.24, 2.45) is 0 Å². The van der Waals surface area contributed by atoms with Gasteiger partial charge < -0.3 is 19.4 Å². The highest BCUT2D eigenvalue weighted by molar-refractivity contribution is 5.92. The summed E-state index contributed by atoms with van der Waals surface area (Å²) >= 11 is 0. The summed E-state index contributed by atoms with van der Waals surface area (Å²) in [6.45, 7) is 4.15. The summed E-state index contributed by atoms with van der Waals surface area (Å²) in [6, 6.07) is 22.5. The fourth-order valence-corrected chi connectivity index (χ4v) is 5.34. The van der Waals surface area contributed by atoms with Crippen LogP contribution in [0, 0.1) is 0 Å². The molecule has 2 aromatic heterocycles. The fourth-order valence-electron chi connectivity index (χ4n) is 5.34. The van der Waals surface area contributed by atoms with Crippen LogP contribution in [0.25, 0.3) is 34.2 Å². The topological polar surface area (TPSA) is 70.0 Å². The molecule has 1 N–H and O–H groups in total. The van der Waals surface area contributed by atoms with Gasteiger partial charge in [-0.05, 0) is 67.4 Å². The summed E-state index contributed by atoms with van der Waals surface area (Å²) < 4.78 is 2.29. The highest BCUT2D eigenvalue weighted by Crippen LogP contribution is 2.24. The van der Waals surface area contributed by atoms with Gasteiger partial charge in [0.1, 0.15) is 11.5 Å². The molecule has 0 atom stereocenters. The quantitative estimate of drug-likeness (QED) is 0.306. The van der Waals surface area contributed by atoms with Crippen molar-refractivity contribution in [3.63, 3.8) is 0 Å². The Morgan fingerprint density at radius 1 is 0.897 bits per heavy atom. The summed E-state index contributed by atoms with van der Waals surface area (Å²) in [5.74, 6) is 0.906. The summed E-state index contributed by atoms with van der Waals surface area (Å²) in [5, 5.41) is 0. The molecule has 0 unspecified atom stereocenters. The lowest BCUT2D eigenvalue weighted by Gasteiger charge is -2.16. The predicted molar refractivity (Wildman–Crippen MR) is 160 cm³/mol. The zero-order valence-electron chi connectivity index (χ0n) is 22.6. The van der Waals surface area contributed by atoms with Crippen LogP contribution < -0.4 is 10.5 Å². The van der Waals surface area contributed by atoms with Crippen LogP contribution in [0.3, 0.4) is 0 Å². The van der Waals surface area contributed by atoms with E-state index in [1.807, 2.05) is 50.5 Å². The number of rotatable bonds is 8. The van der Waals surface area contributed by atoms with Crippen molar-refractivity contribution in [2.75, 3.05) is 38.6 Å². The van der Waals surface area contributed by atoms with Crippen molar-refractivity contribution in [1.82, 2.24) is 24.4 Å². The number of hydrogen-bond donors (Lipinski definition) is 1. The molecule has 3 heterocycles. The minimum atomic E-state index is -0.152. The molecule has 0 saturated carbocycles. The van der Waals surface area contributed by atoms with Crippen LogP contribution in [0.5, 0.6) is 0 Å². The van der Waals surface area contributed by atoms with Crippen LogP contribution in [0.15, 0.2) is 71.5 Å². The molecule has 0 spiro atoms. The van der Waals surface area contributed by atoms with Crippen LogP contribution in [0.4, 0.5) is 5.69 Å². The molecule has 1 fully saturated rings. The van der Waals surface area contributed by atoms with E-state index in [9.17, 15) is 4.79 Å². The van der Waals surface area contributed by atoms with Gasteiger partial charge in [0.05, 0.1) is 22.1 Å². The second-order valence-corrected chi connectivity index (χ2v) is 10.5. The SMILES string of the molecule is CN(C)c1ccc(/C=C/c2nc3cc4[nH]c(=O)c(Cc5ccccc5)nc4cc3n2CCN2CCCC2)cc1. The van der Waals surface area contributed by atoms with Gasteiger partial charge in [-0.3, -0.25) is 4.79 Å². The van der Waals surface area contributed by atoms with E-state index in [0.29, 0.717) is 17.6 Å². The first kappa shape index (κ1) is 25.1. The lowest BCUT2D eigenvalue weighted by molar-refractivity contribution is 0.324. The maximum absolute atomic E-state index is 12.9. The molecule has 1 aliphatic rings. The van der Waals surface area contributed by atoms with E-state index < -0.39 is 0 Å². The lowest BCUT2D eigenvalue weighted by atomic mass is 10.1. The average Bonchev–Trinajstić information content (AvgIpc) is 3.58. The number of fused-ring (bicyclic) bond motifs is 2. The first-order chi connectivity index (χ1) is 19.0. The smallest absolute Gasteiger partial charge is 0.270 e. The Kier molecular flexibility index (Phi) is 6.99. The Bertz CT molecular complexity index is 1680. The second kappa shape index (κ2) is 10.9. The van der Waals surface area contributed by atoms with Crippen molar-refractivity contribution in [1.29, 1.82) is 0 Å². The van der Waals surface area contributed by atoms with Crippen molar-refractivity contribution < 1.29 is 0 Å². The maximum Gasteiger partial charge on any atom is 0.270 e. The normalized spacial score (nSPS) is 14.2. The highest BCUT2D eigenvalue weighted by Gasteiger charge is 2.16. The Morgan fingerprint density at radius 3 is 2.41 bits per heavy atom. The van der Waals surface area contributed by atoms with E-state index in [-0.39, 0.29) is 5.56 Å². The van der Waals surface area contributed by atoms with E-state index >= 15 is 0 Å². The minimum Gasteiger partial charge on any atom is -0.378 e. The first-order valence-corrected chi connectivity index (χ1v) is 13.7. The van der Waals surface area contributed by atoms with Crippen LogP contribution in [-0.2, 0) is 13.0 Å². The van der Waals surface area contributed by atoms with Gasteiger partial charge in [0.15, 0.2) is 0 Å². The molecule has 1 saturated heterocycles. The van der Waals surface area contributed by atoms with Gasteiger partial charge in [0, 0.05) is 39.3 Å². The van der Waals surface area contributed by atoms with Gasteiger partial charge in [-0.15, -0.1) is 0 Å². The van der Waals surface area contributed by atoms with Gasteiger partial charge in [0.2, 0.25) is 0 Å². The van der Waals surface area contributed by atoms with Crippen molar-refractivity contribution in [3.8, 4) is 0 Å². The molecule has 0 amide bonds. The number of aromatic nitrogens is 4. The van der Waals surface area contributed by atoms with Crippen LogP contribution in [0.1, 0.15) is 35.5 Å². The molecule has 6 rings (SSSR count). The first-order valence-electron chi connectivity index (χ1n) is 13.7. The largest absolute Gasteiger partial charge is 0.378 e. The molecule has 1 aliphatic heterocycles. The zero-order chi connectivity index (χ0) is 26.8. The molecule has 7 nitrogen and oxygen atoms in total. The predicted octanol–water partition coefficient (Wildman–Crippen LogP) is 5.20. The molecule has 3 aromatic carbocycles. The average molecular weight is 519 g/mol. The number of likely N-dealkylation sites (tertiary alicyclic amines) is 1. The van der Waals surface area contributed by atoms with Crippen LogP contribution in [0.2, 0.25) is 0 Å². The van der Waals surface area contributed by atoms with Gasteiger partial charge in [0.25, 0.3) is 5.56 Å². The number of nitrogens with zero attached hydrogens (tertiary/aromatic N) is 5. The number of H-pyrrole nitrogens is 1. The molecular weight excluding hydrogens is 484 g/mol. The van der Waals surface area contributed by atoms with Gasteiger partial charge >= 0.3 is 0 Å². The van der Waals surface area contributed by atoms with Crippen molar-refractivity contribution in [3.05, 3.63) is 99.7 Å². The summed E-state index contributed by atoms with van der Waals surface area (Å²) in [6.07, 6.45) is 7.25. The Hall–Kier alpha value is -4.23. The van der Waals surface area contributed by atoms with Crippen LogP contribution in [-0.4, -0.2) is 58.1 Å². The number of hydrogen-bond acceptors (Lipinski definition) is 5. The molecule has 5 aromatic rings. The third-order valence-electron chi connectivity index (χ3n) is 7.55. The van der Waals surface area contributed by atoms with Crippen molar-refractivity contribution in [2.45, 2.75) is 25.8 Å². The standard InChI is InChI=1S/C32H34N6O/c1-36(2)25-13-10-23(11-14-25)12-15-31-34-28-21-26-27(22-30(28)38(31)19-18-37-16-6-7-17-37)33-29(32(39)35-26)20-24-8-4-3-5-9-24/h3-5,8-15,21-22H,6-7,16-20H2,1-2H3,(H,35,39)/b15-12+. The Balaban J connectivity index is 1.39. The van der Waals surface area contributed by atoms with Crippen LogP contribution >= 0.6 is 0 Å². The summed E-state index contributed by atoms with van der Waals surface area (Å²) in [7, 11) is 4.09. The Labute approximate surface area is 228 Å². The summed E-state index contributed by atoms with van der Waals surface area (Å²) in [4.78, 5) is 30.3. The molecule has 198 valence electrons. The third-order valence-corrected chi connectivity index (χ3v) is 7.55. The molecule has 0 radical (unpaired) electrons. The zero-order valence-corrected chi connectivity index (χ0v) is 22.6. The van der Waals surface area contributed by atoms with Gasteiger partial charge in [-0.25, -0.2) is 9.97 Å². The Morgan fingerprint density at radius 2 is 1.67 bits per heavy atom. The van der Waals surface area contributed by atoms with E-state index in [4.69, 9.17) is 9.97 Å². The lowest BCUT2D eigenvalue weighted by Crippen LogP contribution is -2.24. The van der Waals surface area contributed by atoms with Crippen molar-refractivity contribution >= 4 is 39.9 Å². The van der Waals surface area contributed by atoms with E-state index in [1.54, 1.807) is 0 Å². The monoisotopic (exact) mass is 518 g/mol. The highest BCUT2D eigenvalue weighted by atomic mass is 16.1. The molecule has 0 bridgehead atoms. The number of benzene rings is 3. The minimum absolute atomic E-state index is 0.152. The summed E-state index contributed by atoms with van der Waals surface area (Å²) in [5.41, 5.74) is 7.13. The second-order valence-electron chi connectivity index (χ2n) is 10.5. The van der Waals surface area contributed by atoms with E-state index in [0.717, 1.165) is 59.7 Å². The molecule has 39 heavy (non-hydrogen) atoms. The molecule has 0 aliphatic carbocycles. The molecule has 7 heteroatoms. The number of aromatic amines is 1. The fraction of sp³-hybridized carbons (Fsp3) is 0.281. The maximum atomic E-state index is 12.9. The third kappa shape index (κ3) is 5.49. The molecular formula is C32H34N6O. The number of nitrogens with one attached hydrogen (secondary N) is 1. The van der Waals surface area contributed by atoms with Gasteiger partial charge in [-0.2, -0.15) is 0 Å². The van der Waals surface area contributed by atoms with E-state index in [1.165, 1.54) is 18.5 Å². The number of anilines is 1.